The molecule has 0 radical (unpaired) electrons. The number of ether oxygens (including phenoxy) is 1. The van der Waals surface area contributed by atoms with E-state index in [1.165, 1.54) is 0 Å². The molecule has 1 aliphatic heterocycles. The smallest absolute Gasteiger partial charge is 0.432 e. The molecule has 0 aromatic heterocycles. The van der Waals surface area contributed by atoms with Gasteiger partial charge in [-0.1, -0.05) is 0 Å². The summed E-state index contributed by atoms with van der Waals surface area (Å²) in [6.45, 7) is 0.705. The van der Waals surface area contributed by atoms with E-state index in [-0.39, 0.29) is 12.8 Å². The summed E-state index contributed by atoms with van der Waals surface area (Å²) in [5, 5.41) is -5.69. The van der Waals surface area contributed by atoms with Gasteiger partial charge in [0.25, 0.3) is 6.10 Å². The zero-order valence-corrected chi connectivity index (χ0v) is 12.1. The summed E-state index contributed by atoms with van der Waals surface area (Å²) in [5.41, 5.74) is 0. The largest absolute Gasteiger partial charge is 0.444 e. The van der Waals surface area contributed by atoms with Crippen molar-refractivity contribution in [2.24, 2.45) is 5.92 Å². The van der Waals surface area contributed by atoms with E-state index in [9.17, 15) is 35.2 Å². The molecule has 6 nitrogen and oxygen atoms in total. The lowest BCUT2D eigenvalue weighted by Gasteiger charge is -2.31. The lowest BCUT2D eigenvalue weighted by molar-refractivity contribution is -0.261. The second kappa shape index (κ2) is 6.24. The number of carbonyl (C=O) groups excluding carboxylic acids is 1. The Labute approximate surface area is 123 Å². The average Bonchev–Trinajstić information content (AvgIpc) is 2.33. The fourth-order valence-corrected chi connectivity index (χ4v) is 2.37. The number of nitrogens with zero attached hydrogens (tertiary/aromatic N) is 1. The average molecular weight is 355 g/mol. The van der Waals surface area contributed by atoms with Crippen LogP contribution in [0.4, 0.5) is 22.0 Å². The van der Waals surface area contributed by atoms with Crippen LogP contribution in [0.5, 0.6) is 0 Å². The first kappa shape index (κ1) is 19.0. The molecule has 22 heavy (non-hydrogen) atoms. The summed E-state index contributed by atoms with van der Waals surface area (Å²) in [6.07, 6.45) is -9.93. The molecular formula is C10H14F5NO5S. The third-order valence-electron chi connectivity index (χ3n) is 3.23. The zero-order valence-electron chi connectivity index (χ0n) is 11.3. The maximum absolute atomic E-state index is 13.2. The normalized spacial score (nSPS) is 20.7. The van der Waals surface area contributed by atoms with Gasteiger partial charge in [-0.05, 0) is 33.0 Å². The van der Waals surface area contributed by atoms with Gasteiger partial charge in [-0.2, -0.15) is 30.4 Å². The first-order chi connectivity index (χ1) is 9.76. The summed E-state index contributed by atoms with van der Waals surface area (Å²) >= 11 is 0. The van der Waals surface area contributed by atoms with Gasteiger partial charge in [-0.15, -0.1) is 0 Å². The number of hydrogen-bond donors (Lipinski definition) is 1. The molecule has 1 N–H and O–H groups in total. The molecule has 0 bridgehead atoms. The van der Waals surface area contributed by atoms with Crippen molar-refractivity contribution >= 4 is 16.1 Å². The van der Waals surface area contributed by atoms with Crippen LogP contribution in [-0.2, 0) is 19.6 Å². The molecule has 1 fully saturated rings. The van der Waals surface area contributed by atoms with Gasteiger partial charge in [0.2, 0.25) is 0 Å². The van der Waals surface area contributed by atoms with Crippen molar-refractivity contribution in [3.63, 3.8) is 0 Å². The Bertz CT molecular complexity index is 512. The molecule has 1 rings (SSSR count). The Morgan fingerprint density at radius 1 is 1.23 bits per heavy atom. The predicted molar refractivity (Wildman–Crippen MR) is 62.7 cm³/mol. The Kier molecular flexibility index (Phi) is 5.40. The highest BCUT2D eigenvalue weighted by Gasteiger charge is 2.66. The van der Waals surface area contributed by atoms with Crippen LogP contribution in [0.1, 0.15) is 12.8 Å². The number of carbonyl (C=O) groups is 1. The topological polar surface area (TPSA) is 83.9 Å². The molecule has 130 valence electrons. The van der Waals surface area contributed by atoms with Gasteiger partial charge in [0, 0.05) is 0 Å². The van der Waals surface area contributed by atoms with Gasteiger partial charge in [0.15, 0.2) is 0 Å². The molecule has 1 unspecified atom stereocenters. The molecule has 0 spiro atoms. The summed E-state index contributed by atoms with van der Waals surface area (Å²) in [6, 6.07) is 0. The van der Waals surface area contributed by atoms with Crippen LogP contribution in [0.2, 0.25) is 0 Å². The van der Waals surface area contributed by atoms with Crippen LogP contribution in [-0.4, -0.2) is 61.5 Å². The second-order valence-corrected chi connectivity index (χ2v) is 6.47. The van der Waals surface area contributed by atoms with E-state index in [0.717, 1.165) is 0 Å². The zero-order chi connectivity index (χ0) is 17.3. The van der Waals surface area contributed by atoms with Gasteiger partial charge >= 0.3 is 27.5 Å². The van der Waals surface area contributed by atoms with Crippen molar-refractivity contribution < 1.29 is 44.5 Å². The van der Waals surface area contributed by atoms with Crippen LogP contribution in [0.25, 0.3) is 0 Å². The van der Waals surface area contributed by atoms with Gasteiger partial charge in [-0.3, -0.25) is 9.35 Å². The SMILES string of the molecule is CN1CCC(C(=O)OC(C(F)(F)F)C(F)(F)S(=O)(=O)O)CC1. The summed E-state index contributed by atoms with van der Waals surface area (Å²) in [4.78, 5) is 13.4. The molecular weight excluding hydrogens is 341 g/mol. The van der Waals surface area contributed by atoms with E-state index in [4.69, 9.17) is 4.55 Å². The lowest BCUT2D eigenvalue weighted by Crippen LogP contribution is -2.53. The third-order valence-corrected chi connectivity index (χ3v) is 4.13. The van der Waals surface area contributed by atoms with Crippen molar-refractivity contribution in [2.75, 3.05) is 20.1 Å². The van der Waals surface area contributed by atoms with Crippen LogP contribution in [0.3, 0.4) is 0 Å². The highest BCUT2D eigenvalue weighted by Crippen LogP contribution is 2.38. The van der Waals surface area contributed by atoms with Crippen LogP contribution >= 0.6 is 0 Å². The highest BCUT2D eigenvalue weighted by molar-refractivity contribution is 7.86. The molecule has 12 heteroatoms. The minimum atomic E-state index is -6.41. The molecule has 1 heterocycles. The number of alkyl halides is 5. The standard InChI is InChI=1S/C10H14F5NO5S/c1-16-4-2-6(3-5-16)7(17)21-8(9(11,12)13)10(14,15)22(18,19)20/h6,8H,2-5H2,1H3,(H,18,19,20). The molecule has 0 aromatic rings. The Hall–Kier alpha value is -1.01. The summed E-state index contributed by atoms with van der Waals surface area (Å²) < 4.78 is 97.1. The van der Waals surface area contributed by atoms with E-state index in [2.05, 4.69) is 4.74 Å². The van der Waals surface area contributed by atoms with E-state index in [0.29, 0.717) is 13.1 Å². The number of esters is 1. The van der Waals surface area contributed by atoms with Crippen LogP contribution in [0.15, 0.2) is 0 Å². The van der Waals surface area contributed by atoms with Gasteiger partial charge in [0.1, 0.15) is 0 Å². The molecule has 1 saturated heterocycles. The number of rotatable bonds is 4. The van der Waals surface area contributed by atoms with Gasteiger partial charge < -0.3 is 9.64 Å². The van der Waals surface area contributed by atoms with Crippen LogP contribution in [0, 0.1) is 5.92 Å². The molecule has 1 atom stereocenters. The number of hydrogen-bond acceptors (Lipinski definition) is 5. The first-order valence-corrected chi connectivity index (χ1v) is 7.51. The minimum absolute atomic E-state index is 0.0946. The van der Waals surface area contributed by atoms with E-state index >= 15 is 0 Å². The van der Waals surface area contributed by atoms with Crippen molar-refractivity contribution in [1.82, 2.24) is 4.90 Å². The fraction of sp³-hybridized carbons (Fsp3) is 0.900. The Morgan fingerprint density at radius 3 is 2.05 bits per heavy atom. The maximum Gasteiger partial charge on any atom is 0.432 e. The summed E-state index contributed by atoms with van der Waals surface area (Å²) in [5.74, 6) is -2.61. The third kappa shape index (κ3) is 4.26. The van der Waals surface area contributed by atoms with E-state index in [1.807, 2.05) is 0 Å². The first-order valence-electron chi connectivity index (χ1n) is 6.07. The van der Waals surface area contributed by atoms with Crippen LogP contribution < -0.4 is 0 Å². The lowest BCUT2D eigenvalue weighted by atomic mass is 9.97. The Balaban J connectivity index is 2.94. The van der Waals surface area contributed by atoms with Crippen molar-refractivity contribution in [3.8, 4) is 0 Å². The highest BCUT2D eigenvalue weighted by atomic mass is 32.2. The number of piperidine rings is 1. The molecule has 0 saturated carbocycles. The monoisotopic (exact) mass is 355 g/mol. The van der Waals surface area contributed by atoms with Crippen molar-refractivity contribution in [2.45, 2.75) is 30.4 Å². The van der Waals surface area contributed by atoms with Gasteiger partial charge in [0.05, 0.1) is 5.92 Å². The van der Waals surface area contributed by atoms with Crippen molar-refractivity contribution in [1.29, 1.82) is 0 Å². The number of likely N-dealkylation sites (tertiary alicyclic amines) is 1. The predicted octanol–water partition coefficient (Wildman–Crippen LogP) is 1.28. The molecule has 0 amide bonds. The van der Waals surface area contributed by atoms with E-state index in [1.54, 1.807) is 11.9 Å². The second-order valence-electron chi connectivity index (χ2n) is 4.97. The quantitative estimate of drug-likeness (QED) is 0.465. The Morgan fingerprint density at radius 2 is 1.68 bits per heavy atom. The van der Waals surface area contributed by atoms with Gasteiger partial charge in [-0.25, -0.2) is 0 Å². The summed E-state index contributed by atoms with van der Waals surface area (Å²) in [7, 11) is -4.71. The molecule has 0 aromatic carbocycles. The molecule has 1 aliphatic rings. The number of halogens is 5. The van der Waals surface area contributed by atoms with Crippen molar-refractivity contribution in [3.05, 3.63) is 0 Å². The van der Waals surface area contributed by atoms with E-state index < -0.39 is 39.5 Å². The fourth-order valence-electron chi connectivity index (χ4n) is 1.92. The molecule has 0 aliphatic carbocycles. The maximum atomic E-state index is 13.2. The minimum Gasteiger partial charge on any atom is -0.444 e.